The molecular weight excluding hydrogens is 340 g/mol. The summed E-state index contributed by atoms with van der Waals surface area (Å²) in [6.07, 6.45) is 0.798. The smallest absolute Gasteiger partial charge is 0.159 e. The molecule has 6 heteroatoms. The van der Waals surface area contributed by atoms with E-state index in [2.05, 4.69) is 16.5 Å². The number of pyridine rings is 1. The van der Waals surface area contributed by atoms with Crippen LogP contribution in [0.5, 0.6) is 0 Å². The van der Waals surface area contributed by atoms with Gasteiger partial charge < -0.3 is 19.7 Å². The zero-order valence-corrected chi connectivity index (χ0v) is 16.5. The highest BCUT2D eigenvalue weighted by atomic mass is 16.5. The Balaban J connectivity index is 2.32. The van der Waals surface area contributed by atoms with Gasteiger partial charge in [-0.05, 0) is 33.3 Å². The third-order valence-corrected chi connectivity index (χ3v) is 4.36. The Labute approximate surface area is 159 Å². The number of para-hydroxylation sites is 1. The fraction of sp³-hybridized carbons (Fsp3) is 0.429. The molecule has 2 heterocycles. The highest BCUT2D eigenvalue weighted by Gasteiger charge is 2.23. The zero-order chi connectivity index (χ0) is 19.6. The van der Waals surface area contributed by atoms with Crippen LogP contribution in [0, 0.1) is 0 Å². The predicted octanol–water partition coefficient (Wildman–Crippen LogP) is 4.23. The van der Waals surface area contributed by atoms with E-state index in [4.69, 9.17) is 14.7 Å². The lowest BCUT2D eigenvalue weighted by Gasteiger charge is -2.21. The van der Waals surface area contributed by atoms with Crippen LogP contribution in [0.15, 0.2) is 36.5 Å². The van der Waals surface area contributed by atoms with Crippen LogP contribution in [-0.4, -0.2) is 31.8 Å². The van der Waals surface area contributed by atoms with Crippen molar-refractivity contribution >= 4 is 27.8 Å². The molecule has 0 amide bonds. The van der Waals surface area contributed by atoms with Crippen LogP contribution in [0.1, 0.15) is 39.9 Å². The van der Waals surface area contributed by atoms with Crippen molar-refractivity contribution < 1.29 is 9.84 Å². The number of nitrogens with zero attached hydrogens (tertiary/aromatic N) is 3. The third-order valence-electron chi connectivity index (χ3n) is 4.36. The van der Waals surface area contributed by atoms with Crippen LogP contribution in [0.4, 0.5) is 5.82 Å². The van der Waals surface area contributed by atoms with Crippen molar-refractivity contribution in [1.82, 2.24) is 14.5 Å². The quantitative estimate of drug-likeness (QED) is 0.623. The minimum atomic E-state index is -0.889. The molecule has 2 N–H and O–H groups in total. The fourth-order valence-electron chi connectivity index (χ4n) is 3.09. The van der Waals surface area contributed by atoms with Crippen molar-refractivity contribution in [2.75, 3.05) is 11.9 Å². The van der Waals surface area contributed by atoms with E-state index in [9.17, 15) is 5.11 Å². The van der Waals surface area contributed by atoms with E-state index >= 15 is 0 Å². The average molecular weight is 368 g/mol. The molecule has 6 nitrogen and oxygen atoms in total. The number of rotatable bonds is 8. The first-order valence-electron chi connectivity index (χ1n) is 9.36. The summed E-state index contributed by atoms with van der Waals surface area (Å²) in [7, 11) is 0. The number of hydrogen-bond acceptors (Lipinski definition) is 5. The Kier molecular flexibility index (Phi) is 5.48. The van der Waals surface area contributed by atoms with Gasteiger partial charge in [0.2, 0.25) is 0 Å². The minimum absolute atomic E-state index is 0.379. The first kappa shape index (κ1) is 19.3. The van der Waals surface area contributed by atoms with Gasteiger partial charge in [-0.15, -0.1) is 0 Å². The standard InChI is InChI=1S/C21H28N4O2/c1-6-14(3)22-20-18-19(15-10-8-9-11-16(15)23-20)25(13-21(4,5)26)17(24-18)12-27-7-2/h8-11,26H,3,6-7,12-13H2,1-2,4-5H3,(H,22,23). The predicted molar refractivity (Wildman–Crippen MR) is 110 cm³/mol. The van der Waals surface area contributed by atoms with Gasteiger partial charge in [-0.25, -0.2) is 9.97 Å². The lowest BCUT2D eigenvalue weighted by molar-refractivity contribution is 0.0582. The van der Waals surface area contributed by atoms with E-state index in [1.54, 1.807) is 13.8 Å². The molecule has 0 atom stereocenters. The van der Waals surface area contributed by atoms with Crippen molar-refractivity contribution in [2.45, 2.75) is 52.9 Å². The molecule has 3 rings (SSSR count). The Morgan fingerprint density at radius 1 is 1.26 bits per heavy atom. The van der Waals surface area contributed by atoms with Gasteiger partial charge in [-0.3, -0.25) is 0 Å². The number of benzene rings is 1. The summed E-state index contributed by atoms with van der Waals surface area (Å²) < 4.78 is 7.69. The monoisotopic (exact) mass is 368 g/mol. The Morgan fingerprint density at radius 2 is 2.00 bits per heavy atom. The highest BCUT2D eigenvalue weighted by Crippen LogP contribution is 2.32. The molecule has 0 aliphatic rings. The fourth-order valence-corrected chi connectivity index (χ4v) is 3.09. The van der Waals surface area contributed by atoms with Crippen LogP contribution >= 0.6 is 0 Å². The van der Waals surface area contributed by atoms with Gasteiger partial charge in [0.15, 0.2) is 5.82 Å². The lowest BCUT2D eigenvalue weighted by Crippen LogP contribution is -2.27. The maximum Gasteiger partial charge on any atom is 0.159 e. The van der Waals surface area contributed by atoms with Gasteiger partial charge >= 0.3 is 0 Å². The van der Waals surface area contributed by atoms with Crippen molar-refractivity contribution in [1.29, 1.82) is 0 Å². The van der Waals surface area contributed by atoms with Crippen LogP contribution in [0.3, 0.4) is 0 Å². The summed E-state index contributed by atoms with van der Waals surface area (Å²) >= 11 is 0. The molecule has 0 bridgehead atoms. The molecule has 0 aliphatic carbocycles. The van der Waals surface area contributed by atoms with Crippen molar-refractivity contribution in [2.24, 2.45) is 0 Å². The van der Waals surface area contributed by atoms with Crippen LogP contribution < -0.4 is 5.32 Å². The molecule has 1 aromatic carbocycles. The van der Waals surface area contributed by atoms with E-state index in [0.29, 0.717) is 25.6 Å². The molecule has 144 valence electrons. The van der Waals surface area contributed by atoms with Gasteiger partial charge in [-0.2, -0.15) is 0 Å². The molecular formula is C21H28N4O2. The first-order valence-corrected chi connectivity index (χ1v) is 9.36. The molecule has 0 saturated heterocycles. The molecule has 3 aromatic rings. The molecule has 0 unspecified atom stereocenters. The molecule has 0 spiro atoms. The SMILES string of the molecule is C=C(CC)Nc1nc2ccccc2c2c1nc(COCC)n2CC(C)(C)O. The Hall–Kier alpha value is -2.44. The maximum atomic E-state index is 10.5. The largest absolute Gasteiger partial charge is 0.389 e. The second-order valence-corrected chi connectivity index (χ2v) is 7.32. The van der Waals surface area contributed by atoms with E-state index < -0.39 is 5.60 Å². The van der Waals surface area contributed by atoms with Gasteiger partial charge in [0.1, 0.15) is 17.9 Å². The summed E-state index contributed by atoms with van der Waals surface area (Å²) in [4.78, 5) is 9.60. The lowest BCUT2D eigenvalue weighted by atomic mass is 10.1. The normalized spacial score (nSPS) is 12.0. The van der Waals surface area contributed by atoms with E-state index in [-0.39, 0.29) is 0 Å². The molecule has 27 heavy (non-hydrogen) atoms. The highest BCUT2D eigenvalue weighted by molar-refractivity contribution is 6.07. The molecule has 0 radical (unpaired) electrons. The minimum Gasteiger partial charge on any atom is -0.389 e. The van der Waals surface area contributed by atoms with Gasteiger partial charge in [0.25, 0.3) is 0 Å². The number of imidazole rings is 1. The molecule has 0 aliphatic heterocycles. The topological polar surface area (TPSA) is 72.2 Å². The van der Waals surface area contributed by atoms with Crippen molar-refractivity contribution in [3.8, 4) is 0 Å². The van der Waals surface area contributed by atoms with Gasteiger partial charge in [0.05, 0.1) is 23.2 Å². The molecule has 2 aromatic heterocycles. The average Bonchev–Trinajstić information content (AvgIpc) is 2.97. The molecule has 0 fully saturated rings. The van der Waals surface area contributed by atoms with Gasteiger partial charge in [-0.1, -0.05) is 31.7 Å². The zero-order valence-electron chi connectivity index (χ0n) is 16.5. The van der Waals surface area contributed by atoms with Gasteiger partial charge in [0, 0.05) is 17.7 Å². The number of aliphatic hydroxyl groups is 1. The van der Waals surface area contributed by atoms with Crippen molar-refractivity contribution in [3.63, 3.8) is 0 Å². The van der Waals surface area contributed by atoms with Crippen LogP contribution in [0.25, 0.3) is 21.9 Å². The number of anilines is 1. The summed E-state index contributed by atoms with van der Waals surface area (Å²) in [6, 6.07) is 7.98. The summed E-state index contributed by atoms with van der Waals surface area (Å²) in [5.74, 6) is 1.46. The number of aromatic nitrogens is 3. The maximum absolute atomic E-state index is 10.5. The van der Waals surface area contributed by atoms with Crippen LogP contribution in [-0.2, 0) is 17.9 Å². The van der Waals surface area contributed by atoms with E-state index in [0.717, 1.165) is 39.9 Å². The van der Waals surface area contributed by atoms with Crippen LogP contribution in [0.2, 0.25) is 0 Å². The summed E-state index contributed by atoms with van der Waals surface area (Å²) in [5, 5.41) is 14.8. The number of hydrogen-bond donors (Lipinski definition) is 2. The second-order valence-electron chi connectivity index (χ2n) is 7.32. The Bertz CT molecular complexity index is 970. The Morgan fingerprint density at radius 3 is 2.67 bits per heavy atom. The number of nitrogens with one attached hydrogen (secondary N) is 1. The summed E-state index contributed by atoms with van der Waals surface area (Å²) in [6.45, 7) is 13.0. The second kappa shape index (κ2) is 7.66. The molecule has 0 saturated carbocycles. The number of ether oxygens (including phenoxy) is 1. The van der Waals surface area contributed by atoms with Crippen molar-refractivity contribution in [3.05, 3.63) is 42.4 Å². The number of fused-ring (bicyclic) bond motifs is 3. The van der Waals surface area contributed by atoms with E-state index in [1.807, 2.05) is 38.1 Å². The number of allylic oxidation sites excluding steroid dienone is 1. The summed E-state index contributed by atoms with van der Waals surface area (Å²) in [5.41, 5.74) is 2.57. The first-order chi connectivity index (χ1) is 12.8. The van der Waals surface area contributed by atoms with E-state index in [1.165, 1.54) is 0 Å². The third kappa shape index (κ3) is 4.12.